The second-order valence-corrected chi connectivity index (χ2v) is 7.67. The number of pyridine rings is 1. The number of carbonyl (C=O) groups excluding carboxylic acids is 1. The molecule has 1 aromatic carbocycles. The molecular formula is C22H26N2O3. The van der Waals surface area contributed by atoms with Crippen molar-refractivity contribution in [3.63, 3.8) is 0 Å². The highest BCUT2D eigenvalue weighted by molar-refractivity contribution is 5.79. The fourth-order valence-corrected chi connectivity index (χ4v) is 4.30. The van der Waals surface area contributed by atoms with Crippen molar-refractivity contribution in [3.8, 4) is 0 Å². The van der Waals surface area contributed by atoms with Gasteiger partial charge in [0, 0.05) is 31.5 Å². The predicted octanol–water partition coefficient (Wildman–Crippen LogP) is 2.73. The van der Waals surface area contributed by atoms with Gasteiger partial charge in [-0.3, -0.25) is 9.78 Å². The van der Waals surface area contributed by atoms with Crippen molar-refractivity contribution < 1.29 is 14.3 Å². The van der Waals surface area contributed by atoms with Crippen LogP contribution in [0.25, 0.3) is 0 Å². The third-order valence-corrected chi connectivity index (χ3v) is 5.83. The monoisotopic (exact) mass is 366 g/mol. The number of aryl methyl sites for hydroxylation is 1. The van der Waals surface area contributed by atoms with E-state index in [4.69, 9.17) is 9.47 Å². The normalized spacial score (nSPS) is 27.4. The lowest BCUT2D eigenvalue weighted by Crippen LogP contribution is -2.42. The van der Waals surface area contributed by atoms with E-state index in [-0.39, 0.29) is 12.0 Å². The molecule has 27 heavy (non-hydrogen) atoms. The van der Waals surface area contributed by atoms with Crippen LogP contribution in [-0.2, 0) is 20.7 Å². The van der Waals surface area contributed by atoms with Crippen molar-refractivity contribution in [1.29, 1.82) is 0 Å². The second-order valence-electron chi connectivity index (χ2n) is 7.67. The number of amides is 1. The second kappa shape index (κ2) is 7.41. The molecule has 0 bridgehead atoms. The lowest BCUT2D eigenvalue weighted by atomic mass is 9.87. The van der Waals surface area contributed by atoms with E-state index in [1.165, 1.54) is 5.56 Å². The van der Waals surface area contributed by atoms with Gasteiger partial charge in [0.05, 0.1) is 19.6 Å². The van der Waals surface area contributed by atoms with Crippen molar-refractivity contribution in [2.75, 3.05) is 26.8 Å². The fourth-order valence-electron chi connectivity index (χ4n) is 4.30. The fraction of sp³-hybridized carbons (Fsp3) is 0.455. The van der Waals surface area contributed by atoms with Crippen LogP contribution in [0.1, 0.15) is 29.2 Å². The molecule has 2 aromatic rings. The van der Waals surface area contributed by atoms with Gasteiger partial charge in [0.1, 0.15) is 11.7 Å². The Kier molecular flexibility index (Phi) is 4.98. The van der Waals surface area contributed by atoms with E-state index in [0.29, 0.717) is 32.0 Å². The molecule has 1 spiro atoms. The van der Waals surface area contributed by atoms with E-state index < -0.39 is 5.60 Å². The van der Waals surface area contributed by atoms with E-state index in [9.17, 15) is 4.79 Å². The number of nitrogens with zero attached hydrogens (tertiary/aromatic N) is 2. The van der Waals surface area contributed by atoms with Crippen LogP contribution >= 0.6 is 0 Å². The SMILES string of the molecule is CO[C@@H]1CN(C(=O)Cc2ccc(C)nc2)C[C@]12C[C@@H](c1ccccc1)CO2. The Labute approximate surface area is 160 Å². The maximum absolute atomic E-state index is 12.8. The number of ether oxygens (including phenoxy) is 2. The Hall–Kier alpha value is -2.24. The maximum atomic E-state index is 12.8. The Bertz CT molecular complexity index is 793. The zero-order valence-electron chi connectivity index (χ0n) is 15.9. The van der Waals surface area contributed by atoms with Crippen LogP contribution in [0.15, 0.2) is 48.7 Å². The van der Waals surface area contributed by atoms with Crippen LogP contribution in [0.2, 0.25) is 0 Å². The maximum Gasteiger partial charge on any atom is 0.227 e. The first-order valence-electron chi connectivity index (χ1n) is 9.51. The molecule has 2 aliphatic rings. The highest BCUT2D eigenvalue weighted by Gasteiger charge is 2.54. The average molecular weight is 366 g/mol. The Morgan fingerprint density at radius 3 is 2.81 bits per heavy atom. The van der Waals surface area contributed by atoms with Crippen LogP contribution in [0.5, 0.6) is 0 Å². The number of hydrogen-bond donors (Lipinski definition) is 0. The van der Waals surface area contributed by atoms with Crippen LogP contribution in [0, 0.1) is 6.92 Å². The molecule has 1 amide bonds. The van der Waals surface area contributed by atoms with E-state index in [1.54, 1.807) is 13.3 Å². The molecule has 0 unspecified atom stereocenters. The third kappa shape index (κ3) is 3.62. The minimum Gasteiger partial charge on any atom is -0.377 e. The first kappa shape index (κ1) is 18.1. The van der Waals surface area contributed by atoms with Gasteiger partial charge in [-0.2, -0.15) is 0 Å². The van der Waals surface area contributed by atoms with Gasteiger partial charge in [-0.25, -0.2) is 0 Å². The van der Waals surface area contributed by atoms with E-state index in [0.717, 1.165) is 17.7 Å². The van der Waals surface area contributed by atoms with Crippen LogP contribution < -0.4 is 0 Å². The van der Waals surface area contributed by atoms with Crippen molar-refractivity contribution in [2.24, 2.45) is 0 Å². The lowest BCUT2D eigenvalue weighted by Gasteiger charge is -2.28. The summed E-state index contributed by atoms with van der Waals surface area (Å²) in [4.78, 5) is 19.0. The smallest absolute Gasteiger partial charge is 0.227 e. The molecule has 5 heteroatoms. The Morgan fingerprint density at radius 1 is 1.30 bits per heavy atom. The number of rotatable bonds is 4. The minimum absolute atomic E-state index is 0.0914. The van der Waals surface area contributed by atoms with Gasteiger partial charge in [0.25, 0.3) is 0 Å². The molecule has 3 atom stereocenters. The Morgan fingerprint density at radius 2 is 2.11 bits per heavy atom. The molecule has 2 saturated heterocycles. The predicted molar refractivity (Wildman–Crippen MR) is 103 cm³/mol. The zero-order chi connectivity index (χ0) is 18.9. The standard InChI is InChI=1S/C22H26N2O3/c1-16-8-9-17(12-23-16)10-21(25)24-13-20(26-2)22(15-24)11-19(14-27-22)18-6-4-3-5-7-18/h3-9,12,19-20H,10-11,13-15H2,1-2H3/t19-,20-,22-/m1/s1. The summed E-state index contributed by atoms with van der Waals surface area (Å²) in [7, 11) is 1.71. The van der Waals surface area contributed by atoms with Gasteiger partial charge in [-0.15, -0.1) is 0 Å². The van der Waals surface area contributed by atoms with Crippen LogP contribution in [-0.4, -0.2) is 54.3 Å². The van der Waals surface area contributed by atoms with Gasteiger partial charge < -0.3 is 14.4 Å². The first-order valence-corrected chi connectivity index (χ1v) is 9.51. The molecule has 2 aliphatic heterocycles. The molecule has 3 heterocycles. The summed E-state index contributed by atoms with van der Waals surface area (Å²) in [6.07, 6.45) is 2.93. The van der Waals surface area contributed by atoms with Crippen LogP contribution in [0.4, 0.5) is 0 Å². The highest BCUT2D eigenvalue weighted by atomic mass is 16.6. The van der Waals surface area contributed by atoms with Crippen molar-refractivity contribution in [2.45, 2.75) is 37.4 Å². The molecule has 1 aromatic heterocycles. The van der Waals surface area contributed by atoms with Gasteiger partial charge in [-0.05, 0) is 30.5 Å². The summed E-state index contributed by atoms with van der Waals surface area (Å²) >= 11 is 0. The van der Waals surface area contributed by atoms with E-state index >= 15 is 0 Å². The summed E-state index contributed by atoms with van der Waals surface area (Å²) < 4.78 is 12.0. The largest absolute Gasteiger partial charge is 0.377 e. The number of benzene rings is 1. The van der Waals surface area contributed by atoms with E-state index in [2.05, 4.69) is 29.2 Å². The molecule has 0 N–H and O–H groups in total. The number of likely N-dealkylation sites (tertiary alicyclic amines) is 1. The van der Waals surface area contributed by atoms with Gasteiger partial charge in [-0.1, -0.05) is 36.4 Å². The molecular weight excluding hydrogens is 340 g/mol. The molecule has 4 rings (SSSR count). The summed E-state index contributed by atoms with van der Waals surface area (Å²) in [6.45, 7) is 3.79. The number of hydrogen-bond acceptors (Lipinski definition) is 4. The summed E-state index contributed by atoms with van der Waals surface area (Å²) in [5.41, 5.74) is 2.78. The number of aromatic nitrogens is 1. The molecule has 142 valence electrons. The van der Waals surface area contributed by atoms with Crippen LogP contribution in [0.3, 0.4) is 0 Å². The van der Waals surface area contributed by atoms with Gasteiger partial charge in [0.15, 0.2) is 0 Å². The summed E-state index contributed by atoms with van der Waals surface area (Å²) in [6, 6.07) is 14.4. The van der Waals surface area contributed by atoms with Gasteiger partial charge in [0.2, 0.25) is 5.91 Å². The quantitative estimate of drug-likeness (QED) is 0.835. The highest BCUT2D eigenvalue weighted by Crippen LogP contribution is 2.43. The first-order chi connectivity index (χ1) is 13.1. The molecule has 2 fully saturated rings. The zero-order valence-corrected chi connectivity index (χ0v) is 15.9. The number of carbonyl (C=O) groups is 1. The lowest BCUT2D eigenvalue weighted by molar-refractivity contribution is -0.130. The van der Waals surface area contributed by atoms with Crippen molar-refractivity contribution in [3.05, 3.63) is 65.5 Å². The summed E-state index contributed by atoms with van der Waals surface area (Å²) in [5, 5.41) is 0. The van der Waals surface area contributed by atoms with Crippen molar-refractivity contribution >= 4 is 5.91 Å². The van der Waals surface area contributed by atoms with E-state index in [1.807, 2.05) is 30.0 Å². The average Bonchev–Trinajstić information content (AvgIpc) is 3.29. The molecule has 0 aliphatic carbocycles. The van der Waals surface area contributed by atoms with Crippen molar-refractivity contribution in [1.82, 2.24) is 9.88 Å². The molecule has 0 radical (unpaired) electrons. The third-order valence-electron chi connectivity index (χ3n) is 5.83. The number of methoxy groups -OCH3 is 1. The molecule has 0 saturated carbocycles. The minimum atomic E-state index is -0.406. The summed E-state index contributed by atoms with van der Waals surface area (Å²) in [5.74, 6) is 0.450. The Balaban J connectivity index is 1.46. The topological polar surface area (TPSA) is 51.7 Å². The van der Waals surface area contributed by atoms with Gasteiger partial charge >= 0.3 is 0 Å². The molecule has 5 nitrogen and oxygen atoms in total.